The SMILES string of the molecule is CC1(C)CCC23CCC4(C)C(CCC5C6(C)CC(NC(=O)CCC(=O)O)C(O)C(C)(C)C6CCC54C)C2C1OC3. The van der Waals surface area contributed by atoms with E-state index in [0.717, 1.165) is 19.4 Å². The molecular formula is C34H55NO5. The summed E-state index contributed by atoms with van der Waals surface area (Å²) in [5.74, 6) is 1.08. The van der Waals surface area contributed by atoms with Gasteiger partial charge in [-0.15, -0.1) is 0 Å². The minimum atomic E-state index is -0.964. The van der Waals surface area contributed by atoms with E-state index < -0.39 is 12.1 Å². The fraction of sp³-hybridized carbons (Fsp3) is 0.941. The average Bonchev–Trinajstić information content (AvgIpc) is 3.20. The van der Waals surface area contributed by atoms with Crippen molar-refractivity contribution < 1.29 is 24.5 Å². The Morgan fingerprint density at radius 1 is 0.850 bits per heavy atom. The zero-order valence-corrected chi connectivity index (χ0v) is 26.1. The minimum Gasteiger partial charge on any atom is -0.481 e. The molecule has 3 N–H and O–H groups in total. The third-order valence-corrected chi connectivity index (χ3v) is 15.0. The quantitative estimate of drug-likeness (QED) is 0.383. The summed E-state index contributed by atoms with van der Waals surface area (Å²) in [4.78, 5) is 23.8. The van der Waals surface area contributed by atoms with Crippen molar-refractivity contribution >= 4 is 11.9 Å². The Balaban J connectivity index is 1.32. The fourth-order valence-corrected chi connectivity index (χ4v) is 12.8. The molecule has 0 aromatic rings. The predicted molar refractivity (Wildman–Crippen MR) is 154 cm³/mol. The number of hydrogen-bond donors (Lipinski definition) is 3. The molecule has 6 fully saturated rings. The average molecular weight is 558 g/mol. The van der Waals surface area contributed by atoms with Crippen LogP contribution in [0.1, 0.15) is 119 Å². The summed E-state index contributed by atoms with van der Waals surface area (Å²) < 4.78 is 6.72. The molecule has 11 unspecified atom stereocenters. The summed E-state index contributed by atoms with van der Waals surface area (Å²) in [5, 5.41) is 23.8. The van der Waals surface area contributed by atoms with Gasteiger partial charge in [0.25, 0.3) is 0 Å². The molecule has 0 aromatic heterocycles. The number of amides is 1. The molecule has 0 spiro atoms. The molecule has 5 aliphatic carbocycles. The van der Waals surface area contributed by atoms with Crippen molar-refractivity contribution in [2.75, 3.05) is 6.61 Å². The minimum absolute atomic E-state index is 0.00487. The highest BCUT2D eigenvalue weighted by atomic mass is 16.5. The van der Waals surface area contributed by atoms with Crippen molar-refractivity contribution in [3.8, 4) is 0 Å². The first-order valence-electron chi connectivity index (χ1n) is 16.3. The largest absolute Gasteiger partial charge is 0.481 e. The standard InChI is InChI=1S/C34H55NO5/c1-29(2)14-16-34-17-15-32(6)20(26(34)28(29)40-19-34)8-9-23-31(5)18-21(35-24(36)10-11-25(37)38)27(39)30(3,4)22(31)12-13-33(23,32)7/h20-23,26-28,39H,8-19H2,1-7H3,(H,35,36)(H,37,38). The molecular weight excluding hydrogens is 502 g/mol. The van der Waals surface area contributed by atoms with Gasteiger partial charge in [0.1, 0.15) is 0 Å². The smallest absolute Gasteiger partial charge is 0.303 e. The molecule has 0 aromatic carbocycles. The summed E-state index contributed by atoms with van der Waals surface area (Å²) in [6.07, 6.45) is 10.3. The molecule has 6 heteroatoms. The van der Waals surface area contributed by atoms with Gasteiger partial charge in [-0.25, -0.2) is 0 Å². The lowest BCUT2D eigenvalue weighted by Crippen LogP contribution is -2.70. The number of aliphatic hydroxyl groups is 1. The van der Waals surface area contributed by atoms with Crippen LogP contribution in [-0.4, -0.2) is 46.9 Å². The van der Waals surface area contributed by atoms with Crippen LogP contribution in [0.3, 0.4) is 0 Å². The van der Waals surface area contributed by atoms with Gasteiger partial charge in [0.05, 0.1) is 31.3 Å². The second kappa shape index (κ2) is 8.94. The third kappa shape index (κ3) is 3.72. The van der Waals surface area contributed by atoms with Crippen LogP contribution in [0.15, 0.2) is 0 Å². The molecule has 40 heavy (non-hydrogen) atoms. The Bertz CT molecular complexity index is 1070. The van der Waals surface area contributed by atoms with Gasteiger partial charge in [0, 0.05) is 6.42 Å². The lowest BCUT2D eigenvalue weighted by atomic mass is 9.31. The number of nitrogens with one attached hydrogen (secondary N) is 1. The Morgan fingerprint density at radius 2 is 1.55 bits per heavy atom. The molecule has 1 amide bonds. The molecule has 226 valence electrons. The molecule has 1 heterocycles. The Morgan fingerprint density at radius 3 is 2.25 bits per heavy atom. The lowest BCUT2D eigenvalue weighted by molar-refractivity contribution is -0.255. The number of carbonyl (C=O) groups is 2. The van der Waals surface area contributed by atoms with Gasteiger partial charge >= 0.3 is 5.97 Å². The first-order chi connectivity index (χ1) is 18.5. The number of hydrogen-bond acceptors (Lipinski definition) is 4. The van der Waals surface area contributed by atoms with E-state index in [-0.39, 0.29) is 51.9 Å². The van der Waals surface area contributed by atoms with Crippen LogP contribution in [0, 0.1) is 56.2 Å². The van der Waals surface area contributed by atoms with E-state index in [4.69, 9.17) is 9.84 Å². The van der Waals surface area contributed by atoms with Crippen molar-refractivity contribution in [1.82, 2.24) is 5.32 Å². The van der Waals surface area contributed by atoms with Crippen molar-refractivity contribution in [2.45, 2.75) is 137 Å². The van der Waals surface area contributed by atoms with Crippen LogP contribution in [0.25, 0.3) is 0 Å². The Kier molecular flexibility index (Phi) is 6.47. The number of aliphatic carboxylic acids is 1. The monoisotopic (exact) mass is 557 g/mol. The highest BCUT2D eigenvalue weighted by molar-refractivity contribution is 5.80. The molecule has 1 saturated heterocycles. The summed E-state index contributed by atoms with van der Waals surface area (Å²) >= 11 is 0. The Labute approximate surface area is 241 Å². The first-order valence-corrected chi connectivity index (χ1v) is 16.3. The molecule has 1 aliphatic heterocycles. The first kappa shape index (κ1) is 29.0. The maximum absolute atomic E-state index is 12.8. The van der Waals surface area contributed by atoms with Gasteiger partial charge in [-0.2, -0.15) is 0 Å². The van der Waals surface area contributed by atoms with E-state index in [0.29, 0.717) is 35.2 Å². The topological polar surface area (TPSA) is 95.9 Å². The zero-order chi connectivity index (χ0) is 29.1. The van der Waals surface area contributed by atoms with Gasteiger partial charge in [-0.1, -0.05) is 48.5 Å². The summed E-state index contributed by atoms with van der Waals surface area (Å²) in [5.41, 5.74) is 0.785. The van der Waals surface area contributed by atoms with Crippen molar-refractivity contribution in [3.05, 3.63) is 0 Å². The summed E-state index contributed by atoms with van der Waals surface area (Å²) in [6.45, 7) is 18.0. The highest BCUT2D eigenvalue weighted by Gasteiger charge is 2.73. The number of aliphatic hydroxyl groups excluding tert-OH is 1. The van der Waals surface area contributed by atoms with Crippen LogP contribution in [-0.2, 0) is 14.3 Å². The second-order valence-corrected chi connectivity index (χ2v) is 17.3. The second-order valence-electron chi connectivity index (χ2n) is 17.3. The number of carboxylic acids is 1. The molecule has 6 rings (SSSR count). The van der Waals surface area contributed by atoms with Crippen LogP contribution in [0.4, 0.5) is 0 Å². The van der Waals surface area contributed by atoms with Crippen molar-refractivity contribution in [2.24, 2.45) is 56.2 Å². The van der Waals surface area contributed by atoms with Crippen molar-refractivity contribution in [1.29, 1.82) is 0 Å². The molecule has 6 aliphatic rings. The van der Waals surface area contributed by atoms with Gasteiger partial charge in [0.2, 0.25) is 5.91 Å². The van der Waals surface area contributed by atoms with E-state index in [9.17, 15) is 14.7 Å². The Hall–Kier alpha value is -1.14. The predicted octanol–water partition coefficient (Wildman–Crippen LogP) is 6.20. The number of fused-ring (bicyclic) bond motifs is 5. The number of carbonyl (C=O) groups excluding carboxylic acids is 1. The number of ether oxygens (including phenoxy) is 1. The van der Waals surface area contributed by atoms with Gasteiger partial charge in [0.15, 0.2) is 0 Å². The highest BCUT2D eigenvalue weighted by Crippen LogP contribution is 2.78. The zero-order valence-electron chi connectivity index (χ0n) is 26.1. The maximum atomic E-state index is 12.8. The lowest BCUT2D eigenvalue weighted by Gasteiger charge is -2.73. The van der Waals surface area contributed by atoms with Crippen LogP contribution >= 0.6 is 0 Å². The third-order valence-electron chi connectivity index (χ3n) is 15.0. The van der Waals surface area contributed by atoms with Crippen LogP contribution in [0.2, 0.25) is 0 Å². The van der Waals surface area contributed by atoms with Crippen molar-refractivity contribution in [3.63, 3.8) is 0 Å². The molecule has 6 nitrogen and oxygen atoms in total. The van der Waals surface area contributed by atoms with Gasteiger partial charge in [-0.3, -0.25) is 9.59 Å². The summed E-state index contributed by atoms with van der Waals surface area (Å²) in [6, 6.07) is -0.344. The fourth-order valence-electron chi connectivity index (χ4n) is 12.8. The maximum Gasteiger partial charge on any atom is 0.303 e. The van der Waals surface area contributed by atoms with Gasteiger partial charge < -0.3 is 20.3 Å². The number of carboxylic acid groups (broad SMARTS) is 1. The van der Waals surface area contributed by atoms with E-state index >= 15 is 0 Å². The van der Waals surface area contributed by atoms with Crippen LogP contribution in [0.5, 0.6) is 0 Å². The van der Waals surface area contributed by atoms with E-state index in [1.54, 1.807) is 0 Å². The van der Waals surface area contributed by atoms with E-state index in [2.05, 4.69) is 53.8 Å². The van der Waals surface area contributed by atoms with Gasteiger partial charge in [-0.05, 0) is 114 Å². The molecule has 0 radical (unpaired) electrons. The molecule has 11 atom stereocenters. The van der Waals surface area contributed by atoms with Crippen LogP contribution < -0.4 is 5.32 Å². The normalized spacial score (nSPS) is 52.0. The van der Waals surface area contributed by atoms with E-state index in [1.807, 2.05) is 0 Å². The molecule has 5 saturated carbocycles. The summed E-state index contributed by atoms with van der Waals surface area (Å²) in [7, 11) is 0. The number of rotatable bonds is 4. The van der Waals surface area contributed by atoms with E-state index in [1.165, 1.54) is 44.9 Å². The molecule has 2 bridgehead atoms.